The summed E-state index contributed by atoms with van der Waals surface area (Å²) in [5, 5.41) is 0. The zero-order chi connectivity index (χ0) is 13.9. The highest BCUT2D eigenvalue weighted by Crippen LogP contribution is 2.28. The largest absolute Gasteiger partial charge is 0.511 e. The summed E-state index contributed by atoms with van der Waals surface area (Å²) < 4.78 is 63.6. The Bertz CT molecular complexity index is 363. The van der Waals surface area contributed by atoms with Gasteiger partial charge < -0.3 is 4.74 Å². The fourth-order valence-electron chi connectivity index (χ4n) is 1.01. The summed E-state index contributed by atoms with van der Waals surface area (Å²) in [5.41, 5.74) is -5.43. The quantitative estimate of drug-likeness (QED) is 0.706. The predicted octanol–water partition coefficient (Wildman–Crippen LogP) is 1.11. The Kier molecular flexibility index (Phi) is 5.40. The zero-order valence-corrected chi connectivity index (χ0v) is 10.4. The van der Waals surface area contributed by atoms with Crippen molar-refractivity contribution >= 4 is 16.0 Å². The van der Waals surface area contributed by atoms with Gasteiger partial charge in [-0.1, -0.05) is 0 Å². The van der Waals surface area contributed by atoms with Crippen LogP contribution >= 0.6 is 0 Å². The lowest BCUT2D eigenvalue weighted by molar-refractivity contribution is -0.143. The second-order valence-corrected chi connectivity index (χ2v) is 5.28. The van der Waals surface area contributed by atoms with Gasteiger partial charge in [-0.3, -0.25) is 4.79 Å². The monoisotopic (exact) mass is 277 g/mol. The molecule has 0 aromatic carbocycles. The number of halogens is 3. The van der Waals surface area contributed by atoms with Crippen LogP contribution in [0.15, 0.2) is 0 Å². The molecule has 0 radical (unpaired) electrons. The number of ether oxygens (including phenoxy) is 1. The van der Waals surface area contributed by atoms with Crippen molar-refractivity contribution in [2.75, 3.05) is 13.2 Å². The summed E-state index contributed by atoms with van der Waals surface area (Å²) in [5.74, 6) is -1.02. The first-order valence-corrected chi connectivity index (χ1v) is 6.21. The smallest absolute Gasteiger partial charge is 0.465 e. The Morgan fingerprint density at radius 2 is 1.82 bits per heavy atom. The fourth-order valence-corrected chi connectivity index (χ4v) is 2.11. The first kappa shape index (κ1) is 16.2. The van der Waals surface area contributed by atoms with Crippen LogP contribution in [0, 0.1) is 0 Å². The van der Waals surface area contributed by atoms with Gasteiger partial charge in [0, 0.05) is 6.04 Å². The van der Waals surface area contributed by atoms with Crippen LogP contribution in [0.2, 0.25) is 0 Å². The van der Waals surface area contributed by atoms with Gasteiger partial charge in [0.1, 0.15) is 6.54 Å². The lowest BCUT2D eigenvalue weighted by Crippen LogP contribution is -2.47. The predicted molar refractivity (Wildman–Crippen MR) is 53.4 cm³/mol. The van der Waals surface area contributed by atoms with Crippen molar-refractivity contribution in [2.24, 2.45) is 0 Å². The highest BCUT2D eigenvalue weighted by molar-refractivity contribution is 7.90. The lowest BCUT2D eigenvalue weighted by Gasteiger charge is -2.25. The molecule has 0 spiro atoms. The van der Waals surface area contributed by atoms with Crippen molar-refractivity contribution in [1.82, 2.24) is 4.31 Å². The molecule has 0 aromatic rings. The molecule has 0 N–H and O–H groups in total. The molecule has 102 valence electrons. The molecule has 0 rings (SSSR count). The summed E-state index contributed by atoms with van der Waals surface area (Å²) in [6, 6.07) is -0.994. The third-order valence-electron chi connectivity index (χ3n) is 1.77. The van der Waals surface area contributed by atoms with Gasteiger partial charge in [0.2, 0.25) is 0 Å². The van der Waals surface area contributed by atoms with E-state index in [1.165, 1.54) is 20.8 Å². The fraction of sp³-hybridized carbons (Fsp3) is 0.875. The molecule has 0 aliphatic carbocycles. The molecule has 9 heteroatoms. The number of nitrogens with zero attached hydrogens (tertiary/aromatic N) is 1. The van der Waals surface area contributed by atoms with Crippen LogP contribution in [0.5, 0.6) is 0 Å². The van der Waals surface area contributed by atoms with Crippen molar-refractivity contribution in [3.05, 3.63) is 0 Å². The highest BCUT2D eigenvalue weighted by Gasteiger charge is 2.51. The molecule has 0 aliphatic heterocycles. The Morgan fingerprint density at radius 3 is 2.12 bits per heavy atom. The second-order valence-electron chi connectivity index (χ2n) is 3.39. The van der Waals surface area contributed by atoms with Crippen molar-refractivity contribution in [2.45, 2.75) is 32.3 Å². The number of esters is 1. The van der Waals surface area contributed by atoms with Crippen LogP contribution in [-0.2, 0) is 19.6 Å². The third kappa shape index (κ3) is 4.15. The van der Waals surface area contributed by atoms with Crippen LogP contribution in [-0.4, -0.2) is 43.4 Å². The first-order valence-electron chi connectivity index (χ1n) is 4.77. The minimum Gasteiger partial charge on any atom is -0.465 e. The molecular weight excluding hydrogens is 263 g/mol. The molecule has 0 saturated carbocycles. The average molecular weight is 277 g/mol. The molecule has 0 fully saturated rings. The molecule has 0 unspecified atom stereocenters. The van der Waals surface area contributed by atoms with E-state index in [1.807, 2.05) is 0 Å². The van der Waals surface area contributed by atoms with E-state index in [2.05, 4.69) is 4.74 Å². The standard InChI is InChI=1S/C8H14F3NO4S/c1-4-16-7(13)5-12(6(2)3)17(14,15)8(9,10)11/h6H,4-5H2,1-3H3. The van der Waals surface area contributed by atoms with Crippen molar-refractivity contribution in [3.8, 4) is 0 Å². The van der Waals surface area contributed by atoms with E-state index in [1.54, 1.807) is 0 Å². The first-order chi connectivity index (χ1) is 7.54. The maximum absolute atomic E-state index is 12.3. The normalized spacial score (nSPS) is 13.2. The molecule has 5 nitrogen and oxygen atoms in total. The summed E-state index contributed by atoms with van der Waals surface area (Å²) in [6.45, 7) is 2.96. The van der Waals surface area contributed by atoms with E-state index in [0.717, 1.165) is 0 Å². The van der Waals surface area contributed by atoms with Gasteiger partial charge in [-0.15, -0.1) is 0 Å². The molecule has 0 saturated heterocycles. The number of rotatable bonds is 5. The number of hydrogen-bond acceptors (Lipinski definition) is 4. The van der Waals surface area contributed by atoms with Crippen molar-refractivity contribution in [3.63, 3.8) is 0 Å². The van der Waals surface area contributed by atoms with Crippen molar-refractivity contribution < 1.29 is 31.1 Å². The number of carbonyl (C=O) groups excluding carboxylic acids is 1. The van der Waals surface area contributed by atoms with Gasteiger partial charge in [-0.2, -0.15) is 17.5 Å². The number of hydrogen-bond donors (Lipinski definition) is 0. The Balaban J connectivity index is 5.08. The lowest BCUT2D eigenvalue weighted by atomic mass is 10.4. The second kappa shape index (κ2) is 5.67. The molecule has 0 aromatic heterocycles. The van der Waals surface area contributed by atoms with E-state index in [0.29, 0.717) is 0 Å². The topological polar surface area (TPSA) is 63.7 Å². The van der Waals surface area contributed by atoms with E-state index >= 15 is 0 Å². The van der Waals surface area contributed by atoms with Crippen LogP contribution in [0.25, 0.3) is 0 Å². The summed E-state index contributed by atoms with van der Waals surface area (Å²) in [7, 11) is -5.52. The van der Waals surface area contributed by atoms with Gasteiger partial charge in [0.15, 0.2) is 0 Å². The van der Waals surface area contributed by atoms with E-state index in [4.69, 9.17) is 0 Å². The molecule has 0 heterocycles. The maximum Gasteiger partial charge on any atom is 0.511 e. The van der Waals surface area contributed by atoms with Gasteiger partial charge in [0.05, 0.1) is 6.61 Å². The van der Waals surface area contributed by atoms with Gasteiger partial charge in [0.25, 0.3) is 0 Å². The molecule has 0 atom stereocenters. The van der Waals surface area contributed by atoms with E-state index in [9.17, 15) is 26.4 Å². The third-order valence-corrected chi connectivity index (χ3v) is 3.52. The summed E-state index contributed by atoms with van der Waals surface area (Å²) in [4.78, 5) is 11.0. The number of carbonyl (C=O) groups is 1. The van der Waals surface area contributed by atoms with Crippen LogP contribution in [0.1, 0.15) is 20.8 Å². The Hall–Kier alpha value is -0.830. The molecule has 17 heavy (non-hydrogen) atoms. The minimum absolute atomic E-state index is 0.0309. The molecule has 0 bridgehead atoms. The Labute approximate surface area is 97.6 Å². The highest BCUT2D eigenvalue weighted by atomic mass is 32.2. The SMILES string of the molecule is CCOC(=O)CN(C(C)C)S(=O)(=O)C(F)(F)F. The zero-order valence-electron chi connectivity index (χ0n) is 9.61. The van der Waals surface area contributed by atoms with Crippen LogP contribution in [0.4, 0.5) is 13.2 Å². The van der Waals surface area contributed by atoms with Crippen LogP contribution in [0.3, 0.4) is 0 Å². The summed E-state index contributed by atoms with van der Waals surface area (Å²) in [6.07, 6.45) is 0. The number of alkyl halides is 3. The minimum atomic E-state index is -5.52. The van der Waals surface area contributed by atoms with Gasteiger partial charge in [-0.05, 0) is 20.8 Å². The van der Waals surface area contributed by atoms with Crippen LogP contribution < -0.4 is 0 Å². The maximum atomic E-state index is 12.3. The van der Waals surface area contributed by atoms with E-state index in [-0.39, 0.29) is 10.9 Å². The number of sulfonamides is 1. The van der Waals surface area contributed by atoms with E-state index < -0.39 is 34.1 Å². The Morgan fingerprint density at radius 1 is 1.35 bits per heavy atom. The molecule has 0 aliphatic rings. The molecular formula is C8H14F3NO4S. The van der Waals surface area contributed by atoms with Gasteiger partial charge >= 0.3 is 21.5 Å². The average Bonchev–Trinajstić information content (AvgIpc) is 2.12. The summed E-state index contributed by atoms with van der Waals surface area (Å²) >= 11 is 0. The molecule has 0 amide bonds. The van der Waals surface area contributed by atoms with Gasteiger partial charge in [-0.25, -0.2) is 8.42 Å². The van der Waals surface area contributed by atoms with Crippen molar-refractivity contribution in [1.29, 1.82) is 0 Å².